The molecule has 1 saturated carbocycles. The summed E-state index contributed by atoms with van der Waals surface area (Å²) in [6.45, 7) is 2.90. The highest BCUT2D eigenvalue weighted by atomic mass is 32.2. The van der Waals surface area contributed by atoms with E-state index < -0.39 is 10.0 Å². The maximum Gasteiger partial charge on any atom is 0.271 e. The van der Waals surface area contributed by atoms with E-state index in [0.29, 0.717) is 22.5 Å². The van der Waals surface area contributed by atoms with Crippen molar-refractivity contribution in [2.75, 3.05) is 4.72 Å². The van der Waals surface area contributed by atoms with Gasteiger partial charge in [0.15, 0.2) is 0 Å². The molecule has 1 aliphatic carbocycles. The van der Waals surface area contributed by atoms with Crippen LogP contribution in [-0.2, 0) is 16.6 Å². The SMILES string of the molecule is C[C@@H](CC1CCCCCC1)NCc1ccccc1NS(=O)(=O)c1cc(-c2ccsc2)cs1. The lowest BCUT2D eigenvalue weighted by Crippen LogP contribution is -2.28. The quantitative estimate of drug-likeness (QED) is 0.315. The first-order valence-electron chi connectivity index (χ1n) is 11.5. The molecule has 172 valence electrons. The molecule has 0 amide bonds. The van der Waals surface area contributed by atoms with Gasteiger partial charge in [0.1, 0.15) is 4.21 Å². The second-order valence-electron chi connectivity index (χ2n) is 8.80. The van der Waals surface area contributed by atoms with E-state index in [0.717, 1.165) is 22.6 Å². The molecular formula is C25H32N2O2S3. The Morgan fingerprint density at radius 2 is 1.81 bits per heavy atom. The zero-order valence-corrected chi connectivity index (χ0v) is 21.0. The van der Waals surface area contributed by atoms with Gasteiger partial charge in [-0.2, -0.15) is 11.3 Å². The summed E-state index contributed by atoms with van der Waals surface area (Å²) in [4.78, 5) is 0. The standard InChI is InChI=1S/C25H32N2O2S3/c1-19(14-20-8-4-2-3-5-9-20)26-16-21-10-6-7-11-24(21)27-32(28,29)25-15-23(18-31-25)22-12-13-30-17-22/h6-7,10-13,15,17-20,26-27H,2-5,8-9,14,16H2,1H3/t19-/m0/s1. The largest absolute Gasteiger partial charge is 0.310 e. The Morgan fingerprint density at radius 1 is 1.03 bits per heavy atom. The maximum atomic E-state index is 13.1. The first kappa shape index (κ1) is 23.5. The van der Waals surface area contributed by atoms with Gasteiger partial charge in [-0.1, -0.05) is 56.7 Å². The molecule has 4 rings (SSSR count). The minimum atomic E-state index is -3.63. The van der Waals surface area contributed by atoms with E-state index in [9.17, 15) is 8.42 Å². The van der Waals surface area contributed by atoms with Crippen LogP contribution < -0.4 is 10.0 Å². The van der Waals surface area contributed by atoms with Crippen molar-refractivity contribution in [2.24, 2.45) is 5.92 Å². The molecule has 32 heavy (non-hydrogen) atoms. The molecular weight excluding hydrogens is 456 g/mol. The van der Waals surface area contributed by atoms with E-state index in [4.69, 9.17) is 0 Å². The molecule has 0 unspecified atom stereocenters. The Hall–Kier alpha value is -1.67. The van der Waals surface area contributed by atoms with Crippen LogP contribution in [0.25, 0.3) is 11.1 Å². The molecule has 0 bridgehead atoms. The third-order valence-electron chi connectivity index (χ3n) is 6.26. The third kappa shape index (κ3) is 6.22. The molecule has 1 fully saturated rings. The van der Waals surface area contributed by atoms with Crippen LogP contribution >= 0.6 is 22.7 Å². The number of thiophene rings is 2. The lowest BCUT2D eigenvalue weighted by atomic mass is 9.93. The van der Waals surface area contributed by atoms with Gasteiger partial charge in [-0.3, -0.25) is 4.72 Å². The van der Waals surface area contributed by atoms with Crippen molar-refractivity contribution in [1.82, 2.24) is 5.32 Å². The van der Waals surface area contributed by atoms with Crippen LogP contribution in [0.15, 0.2) is 56.7 Å². The van der Waals surface area contributed by atoms with Crippen molar-refractivity contribution in [2.45, 2.75) is 68.7 Å². The number of hydrogen-bond donors (Lipinski definition) is 2. The van der Waals surface area contributed by atoms with Crippen LogP contribution in [0.2, 0.25) is 0 Å². The fraction of sp³-hybridized carbons (Fsp3) is 0.440. The maximum absolute atomic E-state index is 13.1. The minimum Gasteiger partial charge on any atom is -0.310 e. The second-order valence-corrected chi connectivity index (χ2v) is 12.4. The minimum absolute atomic E-state index is 0.336. The van der Waals surface area contributed by atoms with Gasteiger partial charge < -0.3 is 5.32 Å². The Balaban J connectivity index is 1.39. The molecule has 4 nitrogen and oxygen atoms in total. The van der Waals surface area contributed by atoms with Crippen LogP contribution in [0.5, 0.6) is 0 Å². The van der Waals surface area contributed by atoms with Gasteiger partial charge >= 0.3 is 0 Å². The molecule has 0 radical (unpaired) electrons. The Kier molecular flexibility index (Phi) is 8.05. The number of nitrogens with one attached hydrogen (secondary N) is 2. The summed E-state index contributed by atoms with van der Waals surface area (Å²) in [6.07, 6.45) is 9.36. The molecule has 2 N–H and O–H groups in total. The fourth-order valence-corrected chi connectivity index (χ4v) is 7.43. The van der Waals surface area contributed by atoms with Crippen molar-refractivity contribution in [1.29, 1.82) is 0 Å². The molecule has 3 aromatic rings. The summed E-state index contributed by atoms with van der Waals surface area (Å²) in [6, 6.07) is 11.9. The average molecular weight is 489 g/mol. The summed E-state index contributed by atoms with van der Waals surface area (Å²) in [5.41, 5.74) is 3.62. The lowest BCUT2D eigenvalue weighted by Gasteiger charge is -2.21. The smallest absolute Gasteiger partial charge is 0.271 e. The van der Waals surface area contributed by atoms with Crippen molar-refractivity contribution >= 4 is 38.4 Å². The van der Waals surface area contributed by atoms with Gasteiger partial charge in [0.2, 0.25) is 0 Å². The zero-order chi connectivity index (χ0) is 22.4. The summed E-state index contributed by atoms with van der Waals surface area (Å²) in [7, 11) is -3.63. The summed E-state index contributed by atoms with van der Waals surface area (Å²) in [5.74, 6) is 0.810. The Labute approximate surface area is 200 Å². The zero-order valence-electron chi connectivity index (χ0n) is 18.5. The number of anilines is 1. The molecule has 2 aromatic heterocycles. The van der Waals surface area contributed by atoms with E-state index in [1.807, 2.05) is 46.5 Å². The van der Waals surface area contributed by atoms with Gasteiger partial charge in [0, 0.05) is 18.0 Å². The van der Waals surface area contributed by atoms with Gasteiger partial charge in [0.25, 0.3) is 10.0 Å². The molecule has 2 heterocycles. The predicted molar refractivity (Wildman–Crippen MR) is 137 cm³/mol. The van der Waals surface area contributed by atoms with E-state index in [2.05, 4.69) is 17.0 Å². The van der Waals surface area contributed by atoms with Crippen LogP contribution in [0.1, 0.15) is 57.4 Å². The molecule has 0 saturated heterocycles. The Bertz CT molecular complexity index is 1080. The van der Waals surface area contributed by atoms with Crippen molar-refractivity contribution in [3.8, 4) is 11.1 Å². The van der Waals surface area contributed by atoms with Crippen molar-refractivity contribution in [3.63, 3.8) is 0 Å². The van der Waals surface area contributed by atoms with Crippen LogP contribution in [-0.4, -0.2) is 14.5 Å². The molecule has 1 aliphatic rings. The number of sulfonamides is 1. The summed E-state index contributed by atoms with van der Waals surface area (Å²) in [5, 5.41) is 9.56. The summed E-state index contributed by atoms with van der Waals surface area (Å²) < 4.78 is 29.3. The van der Waals surface area contributed by atoms with E-state index >= 15 is 0 Å². The number of rotatable bonds is 9. The fourth-order valence-electron chi connectivity index (χ4n) is 4.47. The molecule has 1 aromatic carbocycles. The molecule has 7 heteroatoms. The number of benzene rings is 1. The Morgan fingerprint density at radius 3 is 2.56 bits per heavy atom. The highest BCUT2D eigenvalue weighted by molar-refractivity contribution is 7.94. The molecule has 1 atom stereocenters. The monoisotopic (exact) mass is 488 g/mol. The average Bonchev–Trinajstić information content (AvgIpc) is 3.42. The third-order valence-corrected chi connectivity index (χ3v) is 9.75. The number of para-hydroxylation sites is 1. The molecule has 0 aliphatic heterocycles. The van der Waals surface area contributed by atoms with Gasteiger partial charge in [-0.15, -0.1) is 11.3 Å². The van der Waals surface area contributed by atoms with E-state index in [1.54, 1.807) is 17.4 Å². The topological polar surface area (TPSA) is 58.2 Å². The highest BCUT2D eigenvalue weighted by Crippen LogP contribution is 2.31. The van der Waals surface area contributed by atoms with Crippen LogP contribution in [0.3, 0.4) is 0 Å². The highest BCUT2D eigenvalue weighted by Gasteiger charge is 2.20. The summed E-state index contributed by atoms with van der Waals surface area (Å²) >= 11 is 2.87. The normalized spacial score (nSPS) is 16.5. The molecule has 0 spiro atoms. The van der Waals surface area contributed by atoms with Gasteiger partial charge in [-0.05, 0) is 64.9 Å². The van der Waals surface area contributed by atoms with Crippen molar-refractivity contribution < 1.29 is 8.42 Å². The van der Waals surface area contributed by atoms with Gasteiger partial charge in [-0.25, -0.2) is 8.42 Å². The first-order chi connectivity index (χ1) is 15.5. The van der Waals surface area contributed by atoms with Crippen molar-refractivity contribution in [3.05, 3.63) is 58.1 Å². The first-order valence-corrected chi connectivity index (χ1v) is 14.8. The lowest BCUT2D eigenvalue weighted by molar-refractivity contribution is 0.363. The van der Waals surface area contributed by atoms with Gasteiger partial charge in [0.05, 0.1) is 5.69 Å². The number of hydrogen-bond acceptors (Lipinski definition) is 5. The van der Waals surface area contributed by atoms with E-state index in [-0.39, 0.29) is 0 Å². The van der Waals surface area contributed by atoms with Crippen LogP contribution in [0, 0.1) is 5.92 Å². The predicted octanol–water partition coefficient (Wildman–Crippen LogP) is 7.12. The second kappa shape index (κ2) is 11.0. The van der Waals surface area contributed by atoms with E-state index in [1.165, 1.54) is 56.3 Å². The van der Waals surface area contributed by atoms with Crippen LogP contribution in [0.4, 0.5) is 5.69 Å².